The lowest BCUT2D eigenvalue weighted by molar-refractivity contribution is -0.117. The maximum Gasteiger partial charge on any atom is 0.238 e. The van der Waals surface area contributed by atoms with Crippen molar-refractivity contribution in [2.45, 2.75) is 32.3 Å². The van der Waals surface area contributed by atoms with E-state index in [9.17, 15) is 4.79 Å². The van der Waals surface area contributed by atoms with E-state index in [1.807, 2.05) is 37.1 Å². The number of ether oxygens (including phenoxy) is 1. The van der Waals surface area contributed by atoms with E-state index in [1.54, 1.807) is 0 Å². The van der Waals surface area contributed by atoms with Crippen molar-refractivity contribution in [2.24, 2.45) is 0 Å². The number of carbonyl (C=O) groups is 1. The molecule has 0 bridgehead atoms. The number of aryl methyl sites for hydroxylation is 1. The summed E-state index contributed by atoms with van der Waals surface area (Å²) in [7, 11) is 1.94. The maximum atomic E-state index is 12.0. The number of hydrogen-bond donors (Lipinski definition) is 1. The highest BCUT2D eigenvalue weighted by Gasteiger charge is 2.17. The fourth-order valence-electron chi connectivity index (χ4n) is 2.52. The number of anilines is 1. The second-order valence-electron chi connectivity index (χ2n) is 5.72. The average Bonchev–Trinajstić information content (AvgIpc) is 2.43. The summed E-state index contributed by atoms with van der Waals surface area (Å²) in [5, 5.41) is 3.42. The Morgan fingerprint density at radius 2 is 2.29 bits per heavy atom. The van der Waals surface area contributed by atoms with Gasteiger partial charge in [-0.25, -0.2) is 0 Å². The molecule has 1 atom stereocenters. The number of nitrogens with one attached hydrogen (secondary N) is 1. The molecule has 1 heterocycles. The summed E-state index contributed by atoms with van der Waals surface area (Å²) in [5.74, 6) is -0.0564. The van der Waals surface area contributed by atoms with Gasteiger partial charge in [0.25, 0.3) is 0 Å². The third-order valence-electron chi connectivity index (χ3n) is 3.60. The molecule has 116 valence electrons. The Hall–Kier alpha value is -1.10. The predicted molar refractivity (Wildman–Crippen MR) is 85.9 cm³/mol. The summed E-state index contributed by atoms with van der Waals surface area (Å²) in [6.07, 6.45) is 3.69. The van der Waals surface area contributed by atoms with Crippen LogP contribution in [0.3, 0.4) is 0 Å². The zero-order valence-electron chi connectivity index (χ0n) is 12.7. The minimum Gasteiger partial charge on any atom is -0.377 e. The second kappa shape index (κ2) is 7.78. The molecule has 1 N–H and O–H groups in total. The molecule has 1 aliphatic rings. The molecule has 5 heteroatoms. The van der Waals surface area contributed by atoms with Crippen molar-refractivity contribution in [3.63, 3.8) is 0 Å². The van der Waals surface area contributed by atoms with Crippen molar-refractivity contribution in [1.29, 1.82) is 0 Å². The minimum absolute atomic E-state index is 0.0564. The molecule has 1 aliphatic heterocycles. The first-order valence-corrected chi connectivity index (χ1v) is 7.78. The molecule has 1 amide bonds. The molecule has 1 saturated heterocycles. The molecular weight excluding hydrogens is 288 g/mol. The van der Waals surface area contributed by atoms with Gasteiger partial charge in [0.2, 0.25) is 5.91 Å². The van der Waals surface area contributed by atoms with Gasteiger partial charge in [0.1, 0.15) is 0 Å². The quantitative estimate of drug-likeness (QED) is 0.908. The highest BCUT2D eigenvalue weighted by Crippen LogP contribution is 2.22. The highest BCUT2D eigenvalue weighted by atomic mass is 35.5. The van der Waals surface area contributed by atoms with E-state index in [0.29, 0.717) is 17.3 Å². The number of benzene rings is 1. The first-order valence-electron chi connectivity index (χ1n) is 7.41. The summed E-state index contributed by atoms with van der Waals surface area (Å²) in [6, 6.07) is 5.61. The van der Waals surface area contributed by atoms with Gasteiger partial charge >= 0.3 is 0 Å². The first-order chi connectivity index (χ1) is 10.0. The number of amides is 1. The van der Waals surface area contributed by atoms with Crippen LogP contribution >= 0.6 is 11.6 Å². The molecule has 0 spiro atoms. The van der Waals surface area contributed by atoms with Crippen LogP contribution in [0.4, 0.5) is 5.69 Å². The summed E-state index contributed by atoms with van der Waals surface area (Å²) in [4.78, 5) is 14.0. The summed E-state index contributed by atoms with van der Waals surface area (Å²) in [5.41, 5.74) is 1.74. The smallest absolute Gasteiger partial charge is 0.238 e. The van der Waals surface area contributed by atoms with Crippen LogP contribution in [0.1, 0.15) is 24.8 Å². The van der Waals surface area contributed by atoms with Crippen molar-refractivity contribution in [3.8, 4) is 0 Å². The van der Waals surface area contributed by atoms with Gasteiger partial charge in [0, 0.05) is 13.2 Å². The van der Waals surface area contributed by atoms with E-state index in [-0.39, 0.29) is 12.0 Å². The Bertz CT molecular complexity index is 487. The minimum atomic E-state index is -0.0564. The van der Waals surface area contributed by atoms with Gasteiger partial charge in [-0.05, 0) is 50.9 Å². The first kappa shape index (κ1) is 16.3. The summed E-state index contributed by atoms with van der Waals surface area (Å²) >= 11 is 6.12. The largest absolute Gasteiger partial charge is 0.377 e. The average molecular weight is 311 g/mol. The molecule has 1 fully saturated rings. The molecule has 2 rings (SSSR count). The monoisotopic (exact) mass is 310 g/mol. The Labute approximate surface area is 131 Å². The topological polar surface area (TPSA) is 41.6 Å². The Kier molecular flexibility index (Phi) is 6.03. The zero-order valence-corrected chi connectivity index (χ0v) is 13.4. The molecule has 0 aliphatic carbocycles. The van der Waals surface area contributed by atoms with Gasteiger partial charge in [-0.2, -0.15) is 0 Å². The van der Waals surface area contributed by atoms with E-state index >= 15 is 0 Å². The third kappa shape index (κ3) is 5.30. The molecule has 21 heavy (non-hydrogen) atoms. The number of nitrogens with zero attached hydrogens (tertiary/aromatic N) is 1. The summed E-state index contributed by atoms with van der Waals surface area (Å²) in [6.45, 7) is 3.93. The van der Waals surface area contributed by atoms with E-state index < -0.39 is 0 Å². The highest BCUT2D eigenvalue weighted by molar-refractivity contribution is 6.33. The molecular formula is C16H23ClN2O2. The zero-order chi connectivity index (χ0) is 15.2. The van der Waals surface area contributed by atoms with Gasteiger partial charge in [-0.15, -0.1) is 0 Å². The molecule has 4 nitrogen and oxygen atoms in total. The van der Waals surface area contributed by atoms with Crippen LogP contribution in [0.5, 0.6) is 0 Å². The van der Waals surface area contributed by atoms with Gasteiger partial charge in [-0.3, -0.25) is 9.69 Å². The van der Waals surface area contributed by atoms with E-state index in [2.05, 4.69) is 5.32 Å². The molecule has 1 unspecified atom stereocenters. The van der Waals surface area contributed by atoms with Crippen molar-refractivity contribution in [2.75, 3.05) is 32.1 Å². The lowest BCUT2D eigenvalue weighted by atomic mass is 10.1. The third-order valence-corrected chi connectivity index (χ3v) is 3.91. The number of carbonyl (C=O) groups excluding carboxylic acids is 1. The van der Waals surface area contributed by atoms with Crippen molar-refractivity contribution in [3.05, 3.63) is 28.8 Å². The lowest BCUT2D eigenvalue weighted by Crippen LogP contribution is -2.37. The van der Waals surface area contributed by atoms with Crippen LogP contribution in [0, 0.1) is 6.92 Å². The van der Waals surface area contributed by atoms with E-state index in [0.717, 1.165) is 31.6 Å². The van der Waals surface area contributed by atoms with Crippen LogP contribution in [0.25, 0.3) is 0 Å². The van der Waals surface area contributed by atoms with Crippen molar-refractivity contribution in [1.82, 2.24) is 4.90 Å². The number of halogens is 1. The molecule has 1 aromatic carbocycles. The van der Waals surface area contributed by atoms with E-state index in [1.165, 1.54) is 6.42 Å². The Morgan fingerprint density at radius 1 is 1.48 bits per heavy atom. The van der Waals surface area contributed by atoms with E-state index in [4.69, 9.17) is 16.3 Å². The standard InChI is InChI=1S/C16H23ClN2O2/c1-12-6-7-15(14(17)9-12)18-16(20)11-19(2)10-13-5-3-4-8-21-13/h6-7,9,13H,3-5,8,10-11H2,1-2H3,(H,18,20). The van der Waals surface area contributed by atoms with Crippen LogP contribution in [-0.2, 0) is 9.53 Å². The number of hydrogen-bond acceptors (Lipinski definition) is 3. The second-order valence-corrected chi connectivity index (χ2v) is 6.12. The van der Waals surface area contributed by atoms with Crippen LogP contribution in [0.15, 0.2) is 18.2 Å². The van der Waals surface area contributed by atoms with Gasteiger partial charge in [-0.1, -0.05) is 17.7 Å². The summed E-state index contributed by atoms with van der Waals surface area (Å²) < 4.78 is 5.69. The molecule has 0 aromatic heterocycles. The Morgan fingerprint density at radius 3 is 2.95 bits per heavy atom. The van der Waals surface area contributed by atoms with Crippen LogP contribution < -0.4 is 5.32 Å². The Balaban J connectivity index is 1.80. The number of rotatable bonds is 5. The fourth-order valence-corrected chi connectivity index (χ4v) is 2.80. The van der Waals surface area contributed by atoms with Crippen LogP contribution in [-0.4, -0.2) is 43.7 Å². The lowest BCUT2D eigenvalue weighted by Gasteiger charge is -2.27. The van der Waals surface area contributed by atoms with Gasteiger partial charge in [0.05, 0.1) is 23.4 Å². The van der Waals surface area contributed by atoms with Gasteiger partial charge in [0.15, 0.2) is 0 Å². The predicted octanol–water partition coefficient (Wildman–Crippen LogP) is 3.09. The molecule has 0 saturated carbocycles. The molecule has 0 radical (unpaired) electrons. The number of likely N-dealkylation sites (N-methyl/N-ethyl adjacent to an activating group) is 1. The van der Waals surface area contributed by atoms with Gasteiger partial charge < -0.3 is 10.1 Å². The maximum absolute atomic E-state index is 12.0. The SMILES string of the molecule is Cc1ccc(NC(=O)CN(C)CC2CCCCO2)c(Cl)c1. The van der Waals surface area contributed by atoms with Crippen LogP contribution in [0.2, 0.25) is 5.02 Å². The molecule has 1 aromatic rings. The van der Waals surface area contributed by atoms with Crippen molar-refractivity contribution < 1.29 is 9.53 Å². The normalized spacial score (nSPS) is 18.8. The fraction of sp³-hybridized carbons (Fsp3) is 0.562. The van der Waals surface area contributed by atoms with Crippen molar-refractivity contribution >= 4 is 23.2 Å².